The van der Waals surface area contributed by atoms with E-state index in [0.29, 0.717) is 12.3 Å². The van der Waals surface area contributed by atoms with Crippen molar-refractivity contribution in [3.8, 4) is 0 Å². The van der Waals surface area contributed by atoms with E-state index < -0.39 is 0 Å². The summed E-state index contributed by atoms with van der Waals surface area (Å²) in [7, 11) is 0. The van der Waals surface area contributed by atoms with Crippen LogP contribution in [0.3, 0.4) is 0 Å². The van der Waals surface area contributed by atoms with Gasteiger partial charge in [-0.2, -0.15) is 0 Å². The highest BCUT2D eigenvalue weighted by molar-refractivity contribution is 7.10. The van der Waals surface area contributed by atoms with Gasteiger partial charge >= 0.3 is 0 Å². The minimum Gasteiger partial charge on any atom is -0.359 e. The first-order chi connectivity index (χ1) is 10.1. The van der Waals surface area contributed by atoms with Gasteiger partial charge in [0.25, 0.3) is 0 Å². The fraction of sp³-hybridized carbons (Fsp3) is 0.500. The van der Waals surface area contributed by atoms with Gasteiger partial charge in [0.2, 0.25) is 5.91 Å². The molecule has 1 unspecified atom stereocenters. The Morgan fingerprint density at radius 3 is 3.10 bits per heavy atom. The van der Waals surface area contributed by atoms with Gasteiger partial charge in [-0.05, 0) is 30.2 Å². The largest absolute Gasteiger partial charge is 0.359 e. The molecule has 4 nitrogen and oxygen atoms in total. The number of likely N-dealkylation sites (tertiary alicyclic amines) is 1. The van der Waals surface area contributed by atoms with Gasteiger partial charge in [-0.3, -0.25) is 4.79 Å². The third kappa shape index (κ3) is 3.02. The fourth-order valence-electron chi connectivity index (χ4n) is 2.76. The molecule has 21 heavy (non-hydrogen) atoms. The Morgan fingerprint density at radius 2 is 2.43 bits per heavy atom. The first-order valence-corrected chi connectivity index (χ1v) is 8.31. The van der Waals surface area contributed by atoms with E-state index in [1.807, 2.05) is 28.5 Å². The molecule has 112 valence electrons. The van der Waals surface area contributed by atoms with Crippen LogP contribution in [0, 0.1) is 0 Å². The molecule has 2 aromatic rings. The van der Waals surface area contributed by atoms with Crippen LogP contribution in [0.25, 0.3) is 0 Å². The van der Waals surface area contributed by atoms with Crippen LogP contribution in [-0.2, 0) is 11.2 Å². The van der Waals surface area contributed by atoms with E-state index in [1.54, 1.807) is 11.3 Å². The van der Waals surface area contributed by atoms with Gasteiger partial charge in [0.05, 0.1) is 18.2 Å². The van der Waals surface area contributed by atoms with Gasteiger partial charge in [-0.1, -0.05) is 25.1 Å². The summed E-state index contributed by atoms with van der Waals surface area (Å²) in [6.07, 6.45) is 2.47. The Morgan fingerprint density at radius 1 is 1.57 bits per heavy atom. The minimum atomic E-state index is 0.0532. The molecule has 0 saturated carbocycles. The van der Waals surface area contributed by atoms with Gasteiger partial charge in [0.1, 0.15) is 0 Å². The third-order valence-electron chi connectivity index (χ3n) is 3.95. The van der Waals surface area contributed by atoms with Crippen LogP contribution in [0.2, 0.25) is 0 Å². The molecule has 3 rings (SSSR count). The average Bonchev–Trinajstić information content (AvgIpc) is 3.19. The molecular weight excluding hydrogens is 284 g/mol. The molecule has 0 spiro atoms. The lowest BCUT2D eigenvalue weighted by Gasteiger charge is -2.22. The predicted molar refractivity (Wildman–Crippen MR) is 82.3 cm³/mol. The predicted octanol–water partition coefficient (Wildman–Crippen LogP) is 3.77. The summed E-state index contributed by atoms with van der Waals surface area (Å²) in [5.41, 5.74) is 0.961. The van der Waals surface area contributed by atoms with E-state index in [4.69, 9.17) is 4.52 Å². The Kier molecular flexibility index (Phi) is 4.10. The highest BCUT2D eigenvalue weighted by Gasteiger charge is 2.32. The maximum Gasteiger partial charge on any atom is 0.228 e. The van der Waals surface area contributed by atoms with Crippen molar-refractivity contribution in [3.05, 3.63) is 39.9 Å². The van der Waals surface area contributed by atoms with Gasteiger partial charge in [0, 0.05) is 17.5 Å². The Hall–Kier alpha value is -1.62. The number of hydrogen-bond donors (Lipinski definition) is 0. The molecule has 2 aromatic heterocycles. The van der Waals surface area contributed by atoms with Gasteiger partial charge in [0.15, 0.2) is 5.76 Å². The molecule has 3 heterocycles. The molecule has 1 aliphatic heterocycles. The maximum absolute atomic E-state index is 12.5. The highest BCUT2D eigenvalue weighted by Crippen LogP contribution is 2.33. The second-order valence-electron chi connectivity index (χ2n) is 5.81. The van der Waals surface area contributed by atoms with Crippen LogP contribution in [0.4, 0.5) is 0 Å². The van der Waals surface area contributed by atoms with Crippen molar-refractivity contribution in [2.75, 3.05) is 6.54 Å². The summed E-state index contributed by atoms with van der Waals surface area (Å²) in [5.74, 6) is 1.36. The number of rotatable bonds is 4. The van der Waals surface area contributed by atoms with Crippen LogP contribution >= 0.6 is 11.3 Å². The second-order valence-corrected chi connectivity index (χ2v) is 6.84. The third-order valence-corrected chi connectivity index (χ3v) is 4.82. The van der Waals surface area contributed by atoms with E-state index in [0.717, 1.165) is 35.7 Å². The number of nitrogens with zero attached hydrogens (tertiary/aromatic N) is 2. The molecule has 0 aromatic carbocycles. The SMILES string of the molecule is CC(C)c1cc(C2CCCN2C(=O)Cc2cccs2)on1. The molecule has 1 aliphatic rings. The normalized spacial score (nSPS) is 18.6. The van der Waals surface area contributed by atoms with Crippen molar-refractivity contribution in [3.63, 3.8) is 0 Å². The van der Waals surface area contributed by atoms with Crippen molar-refractivity contribution in [1.82, 2.24) is 10.1 Å². The zero-order valence-electron chi connectivity index (χ0n) is 12.4. The van der Waals surface area contributed by atoms with Crippen molar-refractivity contribution < 1.29 is 9.32 Å². The fourth-order valence-corrected chi connectivity index (χ4v) is 3.45. The zero-order valence-corrected chi connectivity index (χ0v) is 13.2. The number of hydrogen-bond acceptors (Lipinski definition) is 4. The summed E-state index contributed by atoms with van der Waals surface area (Å²) >= 11 is 1.63. The molecule has 0 N–H and O–H groups in total. The Labute approximate surface area is 128 Å². The summed E-state index contributed by atoms with van der Waals surface area (Å²) in [6.45, 7) is 5.00. The Balaban J connectivity index is 1.73. The highest BCUT2D eigenvalue weighted by atomic mass is 32.1. The molecular formula is C16H20N2O2S. The lowest BCUT2D eigenvalue weighted by atomic mass is 10.1. The first kappa shape index (κ1) is 14.3. The number of amides is 1. The molecule has 0 radical (unpaired) electrons. The molecule has 5 heteroatoms. The average molecular weight is 304 g/mol. The van der Waals surface area contributed by atoms with Gasteiger partial charge < -0.3 is 9.42 Å². The van der Waals surface area contributed by atoms with Crippen LogP contribution in [0.15, 0.2) is 28.1 Å². The molecule has 1 fully saturated rings. The van der Waals surface area contributed by atoms with E-state index in [-0.39, 0.29) is 11.9 Å². The van der Waals surface area contributed by atoms with E-state index >= 15 is 0 Å². The zero-order chi connectivity index (χ0) is 14.8. The van der Waals surface area contributed by atoms with Crippen molar-refractivity contribution in [2.24, 2.45) is 0 Å². The quantitative estimate of drug-likeness (QED) is 0.864. The summed E-state index contributed by atoms with van der Waals surface area (Å²) < 4.78 is 5.48. The van der Waals surface area contributed by atoms with E-state index in [1.165, 1.54) is 0 Å². The number of aromatic nitrogens is 1. The maximum atomic E-state index is 12.5. The number of carbonyl (C=O) groups is 1. The topological polar surface area (TPSA) is 46.3 Å². The van der Waals surface area contributed by atoms with Crippen molar-refractivity contribution in [1.29, 1.82) is 0 Å². The van der Waals surface area contributed by atoms with Crippen LogP contribution in [-0.4, -0.2) is 22.5 Å². The lowest BCUT2D eigenvalue weighted by Crippen LogP contribution is -2.31. The lowest BCUT2D eigenvalue weighted by molar-refractivity contribution is -0.131. The minimum absolute atomic E-state index is 0.0532. The standard InChI is InChI=1S/C16H20N2O2S/c1-11(2)13-10-15(20-17-13)14-6-3-7-18(14)16(19)9-12-5-4-8-21-12/h4-5,8,10-11,14H,3,6-7,9H2,1-2H3. The van der Waals surface area contributed by atoms with Crippen molar-refractivity contribution in [2.45, 2.75) is 45.1 Å². The number of thiophene rings is 1. The van der Waals surface area contributed by atoms with Crippen LogP contribution in [0.1, 0.15) is 55.0 Å². The summed E-state index contributed by atoms with van der Waals surface area (Å²) in [5, 5.41) is 6.13. The number of carbonyl (C=O) groups excluding carboxylic acids is 1. The molecule has 1 atom stereocenters. The monoisotopic (exact) mass is 304 g/mol. The van der Waals surface area contributed by atoms with Gasteiger partial charge in [-0.15, -0.1) is 11.3 Å². The molecule has 1 amide bonds. The van der Waals surface area contributed by atoms with E-state index in [9.17, 15) is 4.79 Å². The second kappa shape index (κ2) is 6.02. The summed E-state index contributed by atoms with van der Waals surface area (Å²) in [4.78, 5) is 15.6. The van der Waals surface area contributed by atoms with Gasteiger partial charge in [-0.25, -0.2) is 0 Å². The van der Waals surface area contributed by atoms with Crippen LogP contribution < -0.4 is 0 Å². The Bertz CT molecular complexity index is 604. The smallest absolute Gasteiger partial charge is 0.228 e. The van der Waals surface area contributed by atoms with Crippen LogP contribution in [0.5, 0.6) is 0 Å². The summed E-state index contributed by atoms with van der Waals surface area (Å²) in [6, 6.07) is 6.06. The first-order valence-electron chi connectivity index (χ1n) is 7.43. The van der Waals surface area contributed by atoms with E-state index in [2.05, 4.69) is 19.0 Å². The van der Waals surface area contributed by atoms with Crippen molar-refractivity contribution >= 4 is 17.2 Å². The molecule has 0 bridgehead atoms. The molecule has 1 saturated heterocycles. The molecule has 0 aliphatic carbocycles.